The van der Waals surface area contributed by atoms with Gasteiger partial charge in [-0.05, 0) is 30.5 Å². The summed E-state index contributed by atoms with van der Waals surface area (Å²) in [5.74, 6) is -0.0874. The topological polar surface area (TPSA) is 61.8 Å². The van der Waals surface area contributed by atoms with Crippen molar-refractivity contribution in [2.45, 2.75) is 6.92 Å². The number of hydrazone groups is 1. The number of anilines is 2. The molecule has 0 unspecified atom stereocenters. The van der Waals surface area contributed by atoms with Crippen molar-refractivity contribution in [3.63, 3.8) is 0 Å². The number of nitrogens with one attached hydrogen (secondary N) is 1. The summed E-state index contributed by atoms with van der Waals surface area (Å²) in [5.41, 5.74) is 6.18. The summed E-state index contributed by atoms with van der Waals surface area (Å²) in [6.45, 7) is 2.01. The zero-order valence-corrected chi connectivity index (χ0v) is 13.3. The van der Waals surface area contributed by atoms with Gasteiger partial charge in [0.25, 0.3) is 0 Å². The summed E-state index contributed by atoms with van der Waals surface area (Å²) < 4.78 is 25.6. The zero-order chi connectivity index (χ0) is 15.0. The van der Waals surface area contributed by atoms with E-state index in [1.807, 2.05) is 36.6 Å². The van der Waals surface area contributed by atoms with Gasteiger partial charge in [-0.15, -0.1) is 11.3 Å². The predicted molar refractivity (Wildman–Crippen MR) is 87.8 cm³/mol. The van der Waals surface area contributed by atoms with Crippen LogP contribution in [0.4, 0.5) is 11.4 Å². The van der Waals surface area contributed by atoms with Crippen LogP contribution in [-0.4, -0.2) is 26.9 Å². The van der Waals surface area contributed by atoms with Gasteiger partial charge in [-0.1, -0.05) is 17.7 Å². The Hall–Kier alpha value is -1.86. The first kappa shape index (κ1) is 14.1. The van der Waals surface area contributed by atoms with Crippen molar-refractivity contribution in [2.75, 3.05) is 22.5 Å². The molecule has 1 aliphatic heterocycles. The maximum Gasteiger partial charge on any atom is 0.240 e. The summed E-state index contributed by atoms with van der Waals surface area (Å²) in [4.78, 5) is 0.895. The summed E-state index contributed by atoms with van der Waals surface area (Å²) in [7, 11) is -1.76. The highest BCUT2D eigenvalue weighted by atomic mass is 32.2. The van der Waals surface area contributed by atoms with Crippen LogP contribution in [0, 0.1) is 6.92 Å². The SMILES string of the molecule is Cc1ccc(N/N=C2/CS(=O)(=O)N(C)c3ccsc32)cc1. The number of benzene rings is 1. The molecule has 2 heterocycles. The van der Waals surface area contributed by atoms with Crippen molar-refractivity contribution in [2.24, 2.45) is 5.10 Å². The number of aryl methyl sites for hydroxylation is 1. The highest BCUT2D eigenvalue weighted by Gasteiger charge is 2.32. The molecule has 0 radical (unpaired) electrons. The Morgan fingerprint density at radius 1 is 1.24 bits per heavy atom. The molecule has 0 saturated carbocycles. The molecule has 5 nitrogen and oxygen atoms in total. The quantitative estimate of drug-likeness (QED) is 0.865. The van der Waals surface area contributed by atoms with E-state index in [1.54, 1.807) is 13.1 Å². The number of nitrogens with zero attached hydrogens (tertiary/aromatic N) is 2. The standard InChI is InChI=1S/C14H15N3O2S2/c1-10-3-5-11(6-4-10)15-16-12-9-21(18,19)17(2)13-7-8-20-14(12)13/h3-8,15H,9H2,1-2H3/b16-12-. The lowest BCUT2D eigenvalue weighted by Gasteiger charge is -2.25. The van der Waals surface area contributed by atoms with E-state index < -0.39 is 10.0 Å². The van der Waals surface area contributed by atoms with Crippen molar-refractivity contribution in [3.05, 3.63) is 46.2 Å². The summed E-state index contributed by atoms with van der Waals surface area (Å²) in [6.07, 6.45) is 0. The number of hydrogen-bond acceptors (Lipinski definition) is 5. The third kappa shape index (κ3) is 2.66. The van der Waals surface area contributed by atoms with Crippen LogP contribution in [0.3, 0.4) is 0 Å². The lowest BCUT2D eigenvalue weighted by Crippen LogP contribution is -2.37. The molecule has 0 amide bonds. The van der Waals surface area contributed by atoms with Crippen LogP contribution >= 0.6 is 11.3 Å². The molecule has 1 N–H and O–H groups in total. The molecule has 3 rings (SSSR count). The van der Waals surface area contributed by atoms with Crippen molar-refractivity contribution in [1.82, 2.24) is 0 Å². The van der Waals surface area contributed by atoms with E-state index in [-0.39, 0.29) is 5.75 Å². The minimum Gasteiger partial charge on any atom is -0.278 e. The molecule has 0 aliphatic carbocycles. The maximum absolute atomic E-state index is 12.1. The molecule has 1 aliphatic rings. The summed E-state index contributed by atoms with van der Waals surface area (Å²) >= 11 is 1.50. The van der Waals surface area contributed by atoms with Crippen molar-refractivity contribution < 1.29 is 8.42 Å². The molecule has 110 valence electrons. The highest BCUT2D eigenvalue weighted by Crippen LogP contribution is 2.32. The Kier molecular flexibility index (Phi) is 3.46. The number of thiophene rings is 1. The van der Waals surface area contributed by atoms with Gasteiger partial charge in [0.2, 0.25) is 10.0 Å². The average molecular weight is 321 g/mol. The number of hydrogen-bond donors (Lipinski definition) is 1. The Labute approximate surface area is 128 Å². The molecular formula is C14H15N3O2S2. The van der Waals surface area contributed by atoms with Crippen LogP contribution in [0.1, 0.15) is 10.4 Å². The highest BCUT2D eigenvalue weighted by molar-refractivity contribution is 7.93. The fourth-order valence-electron chi connectivity index (χ4n) is 2.09. The van der Waals surface area contributed by atoms with Gasteiger partial charge >= 0.3 is 0 Å². The van der Waals surface area contributed by atoms with E-state index in [9.17, 15) is 8.42 Å². The molecule has 21 heavy (non-hydrogen) atoms. The largest absolute Gasteiger partial charge is 0.278 e. The van der Waals surface area contributed by atoms with Crippen LogP contribution in [0.5, 0.6) is 0 Å². The van der Waals surface area contributed by atoms with Gasteiger partial charge in [-0.25, -0.2) is 8.42 Å². The smallest absolute Gasteiger partial charge is 0.240 e. The maximum atomic E-state index is 12.1. The molecule has 1 aromatic heterocycles. The van der Waals surface area contributed by atoms with E-state index in [0.29, 0.717) is 11.4 Å². The third-order valence-electron chi connectivity index (χ3n) is 3.35. The van der Waals surface area contributed by atoms with E-state index >= 15 is 0 Å². The first-order valence-electron chi connectivity index (χ1n) is 6.41. The van der Waals surface area contributed by atoms with Gasteiger partial charge in [0.1, 0.15) is 5.75 Å². The fourth-order valence-corrected chi connectivity index (χ4v) is 4.36. The van der Waals surface area contributed by atoms with Gasteiger partial charge in [0, 0.05) is 7.05 Å². The predicted octanol–water partition coefficient (Wildman–Crippen LogP) is 2.65. The van der Waals surface area contributed by atoms with Crippen LogP contribution in [0.15, 0.2) is 40.8 Å². The normalized spacial score (nSPS) is 18.6. The van der Waals surface area contributed by atoms with Gasteiger partial charge in [-0.3, -0.25) is 9.73 Å². The lowest BCUT2D eigenvalue weighted by atomic mass is 10.2. The van der Waals surface area contributed by atoms with Crippen LogP contribution in [0.2, 0.25) is 0 Å². The van der Waals surface area contributed by atoms with Crippen molar-refractivity contribution in [3.8, 4) is 0 Å². The second-order valence-electron chi connectivity index (χ2n) is 4.90. The van der Waals surface area contributed by atoms with Gasteiger partial charge in [-0.2, -0.15) is 5.10 Å². The minimum absolute atomic E-state index is 0.0874. The van der Waals surface area contributed by atoms with E-state index in [2.05, 4.69) is 10.5 Å². The Balaban J connectivity index is 1.94. The van der Waals surface area contributed by atoms with Gasteiger partial charge < -0.3 is 0 Å². The zero-order valence-electron chi connectivity index (χ0n) is 11.7. The molecule has 1 aromatic carbocycles. The third-order valence-corrected chi connectivity index (χ3v) is 5.98. The molecule has 0 saturated heterocycles. The lowest BCUT2D eigenvalue weighted by molar-refractivity contribution is 0.597. The Morgan fingerprint density at radius 2 is 1.95 bits per heavy atom. The van der Waals surface area contributed by atoms with Gasteiger partial charge in [0.15, 0.2) is 0 Å². The minimum atomic E-state index is -3.34. The number of rotatable bonds is 2. The van der Waals surface area contributed by atoms with E-state index in [0.717, 1.165) is 16.1 Å². The van der Waals surface area contributed by atoms with Crippen LogP contribution in [-0.2, 0) is 10.0 Å². The van der Waals surface area contributed by atoms with E-state index in [1.165, 1.54) is 15.6 Å². The Morgan fingerprint density at radius 3 is 2.67 bits per heavy atom. The first-order valence-corrected chi connectivity index (χ1v) is 8.90. The Bertz CT molecular complexity index is 792. The monoisotopic (exact) mass is 321 g/mol. The van der Waals surface area contributed by atoms with Crippen molar-refractivity contribution >= 4 is 38.4 Å². The van der Waals surface area contributed by atoms with Gasteiger partial charge in [0.05, 0.1) is 22.0 Å². The molecule has 0 atom stereocenters. The van der Waals surface area contributed by atoms with Crippen molar-refractivity contribution in [1.29, 1.82) is 0 Å². The molecule has 7 heteroatoms. The number of sulfonamides is 1. The first-order chi connectivity index (χ1) is 9.97. The molecule has 0 fully saturated rings. The molecule has 2 aromatic rings. The van der Waals surface area contributed by atoms with Crippen LogP contribution in [0.25, 0.3) is 0 Å². The molecular weight excluding hydrogens is 306 g/mol. The number of fused-ring (bicyclic) bond motifs is 1. The molecule has 0 bridgehead atoms. The fraction of sp³-hybridized carbons (Fsp3) is 0.214. The summed E-state index contributed by atoms with van der Waals surface area (Å²) in [5, 5.41) is 6.18. The average Bonchev–Trinajstić information content (AvgIpc) is 2.93. The molecule has 0 spiro atoms. The second kappa shape index (κ2) is 5.16. The van der Waals surface area contributed by atoms with E-state index in [4.69, 9.17) is 0 Å². The second-order valence-corrected chi connectivity index (χ2v) is 7.81. The summed E-state index contributed by atoms with van der Waals surface area (Å²) in [6, 6.07) is 9.59. The van der Waals surface area contributed by atoms with Crippen LogP contribution < -0.4 is 9.73 Å².